The maximum absolute atomic E-state index is 13.3. The lowest BCUT2D eigenvalue weighted by Gasteiger charge is -2.29. The van der Waals surface area contributed by atoms with Crippen LogP contribution in [0.5, 0.6) is 5.75 Å². The van der Waals surface area contributed by atoms with Crippen molar-refractivity contribution in [1.82, 2.24) is 5.32 Å². The molecule has 168 valence electrons. The summed E-state index contributed by atoms with van der Waals surface area (Å²) in [7, 11) is 1.59. The van der Waals surface area contributed by atoms with E-state index in [2.05, 4.69) is 21.2 Å². The summed E-state index contributed by atoms with van der Waals surface area (Å²) < 4.78 is 19.1. The van der Waals surface area contributed by atoms with E-state index in [9.17, 15) is 14.0 Å². The molecule has 8 heteroatoms. The number of benzene rings is 3. The van der Waals surface area contributed by atoms with Crippen molar-refractivity contribution in [2.45, 2.75) is 11.4 Å². The molecule has 0 unspecified atom stereocenters. The zero-order valence-electron chi connectivity index (χ0n) is 17.7. The zero-order chi connectivity index (χ0) is 23.4. The van der Waals surface area contributed by atoms with Crippen molar-refractivity contribution in [3.05, 3.63) is 93.1 Å². The number of ether oxygens (including phenoxy) is 1. The highest BCUT2D eigenvalue weighted by molar-refractivity contribution is 9.10. The third-order valence-corrected chi connectivity index (χ3v) is 6.71. The van der Waals surface area contributed by atoms with Gasteiger partial charge >= 0.3 is 0 Å². The first-order valence-electron chi connectivity index (χ1n) is 10.1. The molecule has 3 aromatic carbocycles. The van der Waals surface area contributed by atoms with Crippen molar-refractivity contribution < 1.29 is 18.7 Å². The first-order valence-corrected chi connectivity index (χ1v) is 11.7. The minimum atomic E-state index is -0.332. The minimum absolute atomic E-state index is 0.124. The second kappa shape index (κ2) is 10.2. The molecule has 0 spiro atoms. The van der Waals surface area contributed by atoms with E-state index in [-0.39, 0.29) is 30.7 Å². The molecule has 1 N–H and O–H groups in total. The van der Waals surface area contributed by atoms with E-state index in [1.54, 1.807) is 25.3 Å². The van der Waals surface area contributed by atoms with Gasteiger partial charge in [0.2, 0.25) is 5.91 Å². The summed E-state index contributed by atoms with van der Waals surface area (Å²) in [4.78, 5) is 28.9. The number of methoxy groups -OCH3 is 1. The van der Waals surface area contributed by atoms with E-state index in [0.717, 1.165) is 20.5 Å². The second-order valence-electron chi connectivity index (χ2n) is 7.27. The Labute approximate surface area is 203 Å². The minimum Gasteiger partial charge on any atom is -0.496 e. The Morgan fingerprint density at radius 2 is 1.91 bits per heavy atom. The van der Waals surface area contributed by atoms with Crippen LogP contribution in [0.1, 0.15) is 11.1 Å². The molecule has 0 fully saturated rings. The van der Waals surface area contributed by atoms with Gasteiger partial charge in [0.25, 0.3) is 5.91 Å². The molecule has 5 nitrogen and oxygen atoms in total. The molecule has 1 aliphatic heterocycles. The first-order chi connectivity index (χ1) is 15.9. The zero-order valence-corrected chi connectivity index (χ0v) is 20.1. The van der Waals surface area contributed by atoms with Crippen molar-refractivity contribution in [1.29, 1.82) is 0 Å². The average molecular weight is 527 g/mol. The Morgan fingerprint density at radius 1 is 1.15 bits per heavy atom. The third kappa shape index (κ3) is 5.46. The van der Waals surface area contributed by atoms with Gasteiger partial charge in [0.05, 0.1) is 22.2 Å². The summed E-state index contributed by atoms with van der Waals surface area (Å²) >= 11 is 4.84. The molecular weight excluding hydrogens is 507 g/mol. The standard InChI is InChI=1S/C25H20BrFN2O3S/c1-32-21-11-8-17(12-19(21)26)13-23-25(31)29(20-4-2-3-5-22(20)33-23)15-24(30)28-14-16-6-9-18(27)10-7-16/h2-13H,14-15H2,1H3,(H,28,30)/b23-13+. The van der Waals surface area contributed by atoms with Gasteiger partial charge in [-0.15, -0.1) is 0 Å². The molecule has 0 bridgehead atoms. The van der Waals surface area contributed by atoms with Crippen LogP contribution in [0, 0.1) is 5.82 Å². The van der Waals surface area contributed by atoms with E-state index < -0.39 is 0 Å². The molecule has 1 aliphatic rings. The maximum atomic E-state index is 13.3. The molecule has 33 heavy (non-hydrogen) atoms. The molecule has 1 heterocycles. The van der Waals surface area contributed by atoms with Crippen molar-refractivity contribution in [3.8, 4) is 5.75 Å². The largest absolute Gasteiger partial charge is 0.496 e. The lowest BCUT2D eigenvalue weighted by atomic mass is 10.2. The Morgan fingerprint density at radius 3 is 2.64 bits per heavy atom. The molecule has 4 rings (SSSR count). The number of amides is 2. The highest BCUT2D eigenvalue weighted by Gasteiger charge is 2.30. The number of halogens is 2. The molecular formula is C25H20BrFN2O3S. The molecule has 0 saturated heterocycles. The quantitative estimate of drug-likeness (QED) is 0.437. The van der Waals surface area contributed by atoms with Gasteiger partial charge < -0.3 is 10.1 Å². The summed E-state index contributed by atoms with van der Waals surface area (Å²) in [5.74, 6) is -0.186. The van der Waals surface area contributed by atoms with Crippen LogP contribution in [0.4, 0.5) is 10.1 Å². The molecule has 0 radical (unpaired) electrons. The van der Waals surface area contributed by atoms with Gasteiger partial charge in [-0.3, -0.25) is 14.5 Å². The molecule has 0 atom stereocenters. The number of nitrogens with one attached hydrogen (secondary N) is 1. The van der Waals surface area contributed by atoms with Crippen LogP contribution in [0.15, 0.2) is 81.0 Å². The van der Waals surface area contributed by atoms with Crippen molar-refractivity contribution in [2.75, 3.05) is 18.6 Å². The summed E-state index contributed by atoms with van der Waals surface area (Å²) in [5, 5.41) is 2.80. The average Bonchev–Trinajstić information content (AvgIpc) is 2.81. The number of rotatable bonds is 6. The molecule has 0 aliphatic carbocycles. The highest BCUT2D eigenvalue weighted by Crippen LogP contribution is 2.42. The van der Waals surface area contributed by atoms with Crippen LogP contribution in [0.3, 0.4) is 0 Å². The fraction of sp³-hybridized carbons (Fsp3) is 0.120. The fourth-order valence-corrected chi connectivity index (χ4v) is 4.96. The number of fused-ring (bicyclic) bond motifs is 1. The van der Waals surface area contributed by atoms with Gasteiger partial charge in [-0.1, -0.05) is 42.1 Å². The Balaban J connectivity index is 1.55. The normalized spacial score (nSPS) is 14.2. The molecule has 0 aromatic heterocycles. The maximum Gasteiger partial charge on any atom is 0.265 e. The van der Waals surface area contributed by atoms with E-state index in [4.69, 9.17) is 4.74 Å². The van der Waals surface area contributed by atoms with Gasteiger partial charge in [-0.25, -0.2) is 4.39 Å². The molecule has 2 amide bonds. The third-order valence-electron chi connectivity index (χ3n) is 5.01. The highest BCUT2D eigenvalue weighted by atomic mass is 79.9. The number of para-hydroxylation sites is 1. The van der Waals surface area contributed by atoms with Gasteiger partial charge in [0.1, 0.15) is 18.1 Å². The van der Waals surface area contributed by atoms with Gasteiger partial charge in [-0.2, -0.15) is 0 Å². The number of thioether (sulfide) groups is 1. The lowest BCUT2D eigenvalue weighted by Crippen LogP contribution is -2.42. The van der Waals surface area contributed by atoms with E-state index >= 15 is 0 Å². The van der Waals surface area contributed by atoms with Crippen molar-refractivity contribution >= 4 is 51.3 Å². The van der Waals surface area contributed by atoms with Gasteiger partial charge in [0, 0.05) is 11.4 Å². The van der Waals surface area contributed by atoms with E-state index in [1.165, 1.54) is 28.8 Å². The van der Waals surface area contributed by atoms with Crippen LogP contribution in [-0.4, -0.2) is 25.5 Å². The van der Waals surface area contributed by atoms with E-state index in [1.807, 2.05) is 42.5 Å². The summed E-state index contributed by atoms with van der Waals surface area (Å²) in [6, 6.07) is 19.0. The second-order valence-corrected chi connectivity index (χ2v) is 9.20. The molecule has 3 aromatic rings. The smallest absolute Gasteiger partial charge is 0.265 e. The fourth-order valence-electron chi connectivity index (χ4n) is 3.35. The van der Waals surface area contributed by atoms with Crippen LogP contribution >= 0.6 is 27.7 Å². The monoisotopic (exact) mass is 526 g/mol. The summed E-state index contributed by atoms with van der Waals surface area (Å²) in [5.41, 5.74) is 2.30. The Kier molecular flexibility index (Phi) is 7.15. The number of carbonyl (C=O) groups is 2. The Hall–Kier alpha value is -3.10. The number of hydrogen-bond donors (Lipinski definition) is 1. The number of carbonyl (C=O) groups excluding carboxylic acids is 2. The topological polar surface area (TPSA) is 58.6 Å². The predicted molar refractivity (Wildman–Crippen MR) is 132 cm³/mol. The molecule has 0 saturated carbocycles. The number of nitrogens with zero attached hydrogens (tertiary/aromatic N) is 1. The van der Waals surface area contributed by atoms with Gasteiger partial charge in [0.15, 0.2) is 0 Å². The summed E-state index contributed by atoms with van der Waals surface area (Å²) in [6.45, 7) is 0.126. The van der Waals surface area contributed by atoms with Crippen LogP contribution in [-0.2, 0) is 16.1 Å². The van der Waals surface area contributed by atoms with Gasteiger partial charge in [-0.05, 0) is 69.5 Å². The van der Waals surface area contributed by atoms with Crippen molar-refractivity contribution in [2.24, 2.45) is 0 Å². The van der Waals surface area contributed by atoms with Crippen LogP contribution in [0.25, 0.3) is 6.08 Å². The SMILES string of the molecule is COc1ccc(/C=C2/Sc3ccccc3N(CC(=O)NCc3ccc(F)cc3)C2=O)cc1Br. The predicted octanol–water partition coefficient (Wildman–Crippen LogP) is 5.39. The first kappa shape index (κ1) is 23.1. The van der Waals surface area contributed by atoms with Crippen molar-refractivity contribution in [3.63, 3.8) is 0 Å². The summed E-state index contributed by atoms with van der Waals surface area (Å²) in [6.07, 6.45) is 1.80. The number of hydrogen-bond acceptors (Lipinski definition) is 4. The van der Waals surface area contributed by atoms with Crippen LogP contribution < -0.4 is 15.0 Å². The number of anilines is 1. The Bertz CT molecular complexity index is 1230. The van der Waals surface area contributed by atoms with E-state index in [0.29, 0.717) is 16.3 Å². The van der Waals surface area contributed by atoms with Crippen LogP contribution in [0.2, 0.25) is 0 Å². The lowest BCUT2D eigenvalue weighted by molar-refractivity contribution is -0.122.